The molecule has 2 heterocycles. The smallest absolute Gasteiger partial charge is 0.338 e. The quantitative estimate of drug-likeness (QED) is 0.485. The van der Waals surface area contributed by atoms with Gasteiger partial charge in [0.15, 0.2) is 0 Å². The van der Waals surface area contributed by atoms with Crippen molar-refractivity contribution in [3.05, 3.63) is 82.3 Å². The lowest BCUT2D eigenvalue weighted by Gasteiger charge is -2.43. The van der Waals surface area contributed by atoms with E-state index in [1.54, 1.807) is 22.8 Å². The molecule has 2 aliphatic rings. The minimum atomic E-state index is -0.651. The summed E-state index contributed by atoms with van der Waals surface area (Å²) in [6.45, 7) is 14.5. The van der Waals surface area contributed by atoms with Gasteiger partial charge in [0.2, 0.25) is 0 Å². The number of likely N-dealkylation sites (N-methyl/N-ethyl adjacent to an activating group) is 1. The number of benzene rings is 2. The van der Waals surface area contributed by atoms with Crippen molar-refractivity contribution in [1.29, 1.82) is 0 Å². The lowest BCUT2D eigenvalue weighted by molar-refractivity contribution is -0.139. The average Bonchev–Trinajstić information content (AvgIpc) is 2.92. The summed E-state index contributed by atoms with van der Waals surface area (Å²) in [5.74, 6) is -1.12. The second kappa shape index (κ2) is 12.4. The van der Waals surface area contributed by atoms with Crippen molar-refractivity contribution in [2.75, 3.05) is 39.3 Å². The summed E-state index contributed by atoms with van der Waals surface area (Å²) in [5, 5.41) is 3.03. The topological polar surface area (TPSA) is 82.2 Å². The molecule has 4 rings (SSSR count). The third-order valence-electron chi connectivity index (χ3n) is 7.78. The van der Waals surface area contributed by atoms with Gasteiger partial charge in [0.05, 0.1) is 18.2 Å². The Morgan fingerprint density at radius 1 is 1.07 bits per heavy atom. The minimum absolute atomic E-state index is 0.0345. The van der Waals surface area contributed by atoms with Gasteiger partial charge in [-0.05, 0) is 55.5 Å². The Kier molecular flexibility index (Phi) is 9.17. The van der Waals surface area contributed by atoms with E-state index in [0.717, 1.165) is 11.1 Å². The first-order valence-electron chi connectivity index (χ1n) is 14.3. The number of rotatable bonds is 7. The first-order valence-corrected chi connectivity index (χ1v) is 14.3. The molecule has 2 aromatic rings. The summed E-state index contributed by atoms with van der Waals surface area (Å²) in [6.07, 6.45) is 0. The molecule has 3 amide bonds. The lowest BCUT2D eigenvalue weighted by Crippen LogP contribution is -2.56. The molecule has 0 spiro atoms. The van der Waals surface area contributed by atoms with Crippen molar-refractivity contribution in [2.24, 2.45) is 0 Å². The van der Waals surface area contributed by atoms with Crippen LogP contribution in [0.1, 0.15) is 69.1 Å². The molecule has 0 radical (unpaired) electrons. The van der Waals surface area contributed by atoms with Crippen LogP contribution in [-0.2, 0) is 14.9 Å². The largest absolute Gasteiger partial charge is 0.463 e. The molecule has 1 N–H and O–H groups in total. The zero-order valence-corrected chi connectivity index (χ0v) is 24.9. The maximum absolute atomic E-state index is 13.7. The fourth-order valence-electron chi connectivity index (χ4n) is 5.56. The van der Waals surface area contributed by atoms with Crippen LogP contribution in [0.2, 0.25) is 0 Å². The van der Waals surface area contributed by atoms with Crippen LogP contribution in [0.15, 0.2) is 59.8 Å². The molecule has 9 heteroatoms. The predicted octanol–water partition coefficient (Wildman–Crippen LogP) is 4.87. The Labute approximate surface area is 242 Å². The van der Waals surface area contributed by atoms with Crippen LogP contribution in [0.4, 0.5) is 9.18 Å². The van der Waals surface area contributed by atoms with Crippen LogP contribution in [0.3, 0.4) is 0 Å². The highest BCUT2D eigenvalue weighted by atomic mass is 19.1. The van der Waals surface area contributed by atoms with E-state index in [2.05, 4.69) is 31.0 Å². The molecule has 2 atom stereocenters. The Balaban J connectivity index is 1.64. The summed E-state index contributed by atoms with van der Waals surface area (Å²) >= 11 is 0. The Bertz CT molecular complexity index is 1320. The molecule has 1 saturated heterocycles. The van der Waals surface area contributed by atoms with Gasteiger partial charge in [-0.15, -0.1) is 0 Å². The molecule has 2 aliphatic heterocycles. The molecule has 0 aliphatic carbocycles. The zero-order chi connectivity index (χ0) is 29.9. The number of nitrogens with one attached hydrogen (secondary N) is 1. The molecule has 1 fully saturated rings. The number of urea groups is 1. The molecular formula is C32H41FN4O4. The summed E-state index contributed by atoms with van der Waals surface area (Å²) in [7, 11) is 0. The van der Waals surface area contributed by atoms with Gasteiger partial charge in [0.1, 0.15) is 5.82 Å². The number of amides is 3. The van der Waals surface area contributed by atoms with Crippen LogP contribution in [0, 0.1) is 5.82 Å². The van der Waals surface area contributed by atoms with E-state index >= 15 is 0 Å². The van der Waals surface area contributed by atoms with E-state index in [0.29, 0.717) is 49.6 Å². The number of carbonyl (C=O) groups excluding carboxylic acids is 3. The number of esters is 1. The average molecular weight is 565 g/mol. The molecule has 2 unspecified atom stereocenters. The number of nitrogens with zero attached hydrogens (tertiary/aromatic N) is 3. The Morgan fingerprint density at radius 3 is 2.37 bits per heavy atom. The highest BCUT2D eigenvalue weighted by Gasteiger charge is 2.39. The number of piperazine rings is 1. The molecule has 0 aromatic heterocycles. The summed E-state index contributed by atoms with van der Waals surface area (Å²) in [5.41, 5.74) is 3.27. The standard InChI is InChI=1S/C32H41FN4O4/c1-7-36-26(20-35-16-17-37(21(3)19-35)29(38)23-10-9-11-25(33)18-23)27(30(39)41-8-2)28(34-31(36)40)22-12-14-24(15-13-22)32(4,5)6/h9-15,18,21,28H,7-8,16-17,19-20H2,1-6H3,(H,34,40). The van der Waals surface area contributed by atoms with E-state index in [-0.39, 0.29) is 30.0 Å². The van der Waals surface area contributed by atoms with E-state index < -0.39 is 17.8 Å². The molecule has 41 heavy (non-hydrogen) atoms. The van der Waals surface area contributed by atoms with Crippen LogP contribution >= 0.6 is 0 Å². The third-order valence-corrected chi connectivity index (χ3v) is 7.78. The highest BCUT2D eigenvalue weighted by Crippen LogP contribution is 2.34. The monoisotopic (exact) mass is 564 g/mol. The van der Waals surface area contributed by atoms with Crippen molar-refractivity contribution in [3.8, 4) is 0 Å². The van der Waals surface area contributed by atoms with Gasteiger partial charge < -0.3 is 15.0 Å². The molecule has 2 aromatic carbocycles. The number of hydrogen-bond acceptors (Lipinski definition) is 5. The fourth-order valence-corrected chi connectivity index (χ4v) is 5.56. The van der Waals surface area contributed by atoms with Crippen molar-refractivity contribution in [1.82, 2.24) is 20.0 Å². The minimum Gasteiger partial charge on any atom is -0.463 e. The molecule has 0 saturated carbocycles. The van der Waals surface area contributed by atoms with Gasteiger partial charge in [0, 0.05) is 50.0 Å². The maximum atomic E-state index is 13.7. The summed E-state index contributed by atoms with van der Waals surface area (Å²) in [6, 6.07) is 12.6. The molecular weight excluding hydrogens is 523 g/mol. The van der Waals surface area contributed by atoms with Gasteiger partial charge in [-0.25, -0.2) is 14.0 Å². The first kappa shape index (κ1) is 30.2. The number of ether oxygens (including phenoxy) is 1. The van der Waals surface area contributed by atoms with Gasteiger partial charge >= 0.3 is 12.0 Å². The van der Waals surface area contributed by atoms with Crippen molar-refractivity contribution in [2.45, 2.75) is 59.0 Å². The Hall–Kier alpha value is -3.72. The van der Waals surface area contributed by atoms with Gasteiger partial charge in [-0.1, -0.05) is 51.1 Å². The predicted molar refractivity (Wildman–Crippen MR) is 156 cm³/mol. The van der Waals surface area contributed by atoms with Crippen LogP contribution in [0.25, 0.3) is 0 Å². The SMILES string of the molecule is CCOC(=O)C1=C(CN2CCN(C(=O)c3cccc(F)c3)C(C)C2)N(CC)C(=O)NC1c1ccc(C(C)(C)C)cc1. The van der Waals surface area contributed by atoms with Crippen molar-refractivity contribution in [3.63, 3.8) is 0 Å². The van der Waals surface area contributed by atoms with Crippen LogP contribution < -0.4 is 5.32 Å². The second-order valence-electron chi connectivity index (χ2n) is 11.7. The van der Waals surface area contributed by atoms with E-state index in [9.17, 15) is 18.8 Å². The first-order chi connectivity index (χ1) is 19.4. The molecule has 220 valence electrons. The van der Waals surface area contributed by atoms with E-state index in [1.165, 1.54) is 18.2 Å². The number of hydrogen-bond donors (Lipinski definition) is 1. The summed E-state index contributed by atoms with van der Waals surface area (Å²) < 4.78 is 19.3. The zero-order valence-electron chi connectivity index (χ0n) is 24.9. The van der Waals surface area contributed by atoms with E-state index in [4.69, 9.17) is 4.74 Å². The van der Waals surface area contributed by atoms with Gasteiger partial charge in [-0.2, -0.15) is 0 Å². The molecule has 8 nitrogen and oxygen atoms in total. The van der Waals surface area contributed by atoms with Crippen molar-refractivity contribution >= 4 is 17.9 Å². The van der Waals surface area contributed by atoms with Crippen molar-refractivity contribution < 1.29 is 23.5 Å². The maximum Gasteiger partial charge on any atom is 0.338 e. The van der Waals surface area contributed by atoms with Gasteiger partial charge in [-0.3, -0.25) is 14.6 Å². The Morgan fingerprint density at radius 2 is 1.78 bits per heavy atom. The van der Waals surface area contributed by atoms with Crippen LogP contribution in [-0.4, -0.2) is 78.0 Å². The number of halogens is 1. The van der Waals surface area contributed by atoms with E-state index in [1.807, 2.05) is 38.1 Å². The highest BCUT2D eigenvalue weighted by molar-refractivity contribution is 5.95. The lowest BCUT2D eigenvalue weighted by atomic mass is 9.85. The summed E-state index contributed by atoms with van der Waals surface area (Å²) in [4.78, 5) is 45.4. The normalized spacial score (nSPS) is 20.2. The molecule has 0 bridgehead atoms. The van der Waals surface area contributed by atoms with Crippen LogP contribution in [0.5, 0.6) is 0 Å². The third kappa shape index (κ3) is 6.62. The fraction of sp³-hybridized carbons (Fsp3) is 0.469. The van der Waals surface area contributed by atoms with Gasteiger partial charge in [0.25, 0.3) is 5.91 Å². The second-order valence-corrected chi connectivity index (χ2v) is 11.7. The number of carbonyl (C=O) groups is 3.